The minimum absolute atomic E-state index is 0.134. The summed E-state index contributed by atoms with van der Waals surface area (Å²) < 4.78 is 13.4. The minimum Gasteiger partial charge on any atom is -0.344 e. The summed E-state index contributed by atoms with van der Waals surface area (Å²) in [5.74, 6) is -0.252. The van der Waals surface area contributed by atoms with Crippen LogP contribution in [-0.4, -0.2) is 21.9 Å². The predicted molar refractivity (Wildman–Crippen MR) is 136 cm³/mol. The summed E-state index contributed by atoms with van der Waals surface area (Å²) in [6, 6.07) is 27.7. The standard InChI is InChI=1S/C27H20FN3OS2/c28-20-14-12-19(13-15-20)26(23-11-6-16-33-23)29-24(32)17-34-27-22-10-5-4-9-21(22)25(30-31-27)18-7-2-1-3-8-18/h1-16,26H,17H2,(H,29,32). The summed E-state index contributed by atoms with van der Waals surface area (Å²) in [5, 5.41) is 16.6. The van der Waals surface area contributed by atoms with Crippen LogP contribution in [0.1, 0.15) is 16.5 Å². The second-order valence-corrected chi connectivity index (χ2v) is 9.56. The number of hydrogen-bond donors (Lipinski definition) is 1. The van der Waals surface area contributed by atoms with E-state index in [4.69, 9.17) is 0 Å². The van der Waals surface area contributed by atoms with Crippen LogP contribution < -0.4 is 5.32 Å². The van der Waals surface area contributed by atoms with Crippen molar-refractivity contribution in [3.63, 3.8) is 0 Å². The van der Waals surface area contributed by atoms with Crippen LogP contribution in [0.5, 0.6) is 0 Å². The van der Waals surface area contributed by atoms with Gasteiger partial charge in [0.2, 0.25) is 5.91 Å². The van der Waals surface area contributed by atoms with E-state index < -0.39 is 0 Å². The Balaban J connectivity index is 1.36. The Labute approximate surface area is 204 Å². The molecule has 168 valence electrons. The van der Waals surface area contributed by atoms with Gasteiger partial charge >= 0.3 is 0 Å². The fraction of sp³-hybridized carbons (Fsp3) is 0.0741. The fourth-order valence-electron chi connectivity index (χ4n) is 3.76. The van der Waals surface area contributed by atoms with Crippen molar-refractivity contribution in [3.8, 4) is 11.3 Å². The third-order valence-corrected chi connectivity index (χ3v) is 7.30. The molecule has 0 aliphatic carbocycles. The monoisotopic (exact) mass is 485 g/mol. The summed E-state index contributed by atoms with van der Waals surface area (Å²) in [4.78, 5) is 13.9. The first-order valence-corrected chi connectivity index (χ1v) is 12.6. The van der Waals surface area contributed by atoms with E-state index in [1.807, 2.05) is 72.1 Å². The third-order valence-electron chi connectivity index (χ3n) is 5.38. The zero-order valence-corrected chi connectivity index (χ0v) is 19.7. The molecule has 34 heavy (non-hydrogen) atoms. The van der Waals surface area contributed by atoms with Gasteiger partial charge in [0.1, 0.15) is 16.5 Å². The quantitative estimate of drug-likeness (QED) is 0.268. The Bertz CT molecular complexity index is 1410. The number of thioether (sulfide) groups is 1. The van der Waals surface area contributed by atoms with E-state index in [1.165, 1.54) is 23.9 Å². The van der Waals surface area contributed by atoms with Crippen LogP contribution >= 0.6 is 23.1 Å². The molecule has 1 atom stereocenters. The Kier molecular flexibility index (Phi) is 6.65. The van der Waals surface area contributed by atoms with Gasteiger partial charge in [-0.2, -0.15) is 0 Å². The van der Waals surface area contributed by atoms with E-state index in [9.17, 15) is 9.18 Å². The second-order valence-electron chi connectivity index (χ2n) is 7.62. The van der Waals surface area contributed by atoms with Crippen molar-refractivity contribution in [1.82, 2.24) is 15.5 Å². The average Bonchev–Trinajstić information content (AvgIpc) is 3.42. The van der Waals surface area contributed by atoms with Gasteiger partial charge in [-0.3, -0.25) is 4.79 Å². The average molecular weight is 486 g/mol. The van der Waals surface area contributed by atoms with Crippen molar-refractivity contribution in [1.29, 1.82) is 0 Å². The molecule has 0 aliphatic heterocycles. The first-order valence-electron chi connectivity index (χ1n) is 10.7. The number of amides is 1. The number of fused-ring (bicyclic) bond motifs is 1. The van der Waals surface area contributed by atoms with Crippen LogP contribution in [0.15, 0.2) is 101 Å². The minimum atomic E-state index is -0.336. The van der Waals surface area contributed by atoms with Gasteiger partial charge in [0.15, 0.2) is 0 Å². The SMILES string of the molecule is O=C(CSc1nnc(-c2ccccc2)c2ccccc12)NC(c1ccc(F)cc1)c1cccs1. The molecule has 7 heteroatoms. The van der Waals surface area contributed by atoms with Gasteiger partial charge in [-0.25, -0.2) is 4.39 Å². The third kappa shape index (κ3) is 4.85. The normalized spacial score (nSPS) is 11.9. The number of rotatable bonds is 7. The zero-order chi connectivity index (χ0) is 23.3. The Morgan fingerprint density at radius 3 is 2.35 bits per heavy atom. The Morgan fingerprint density at radius 2 is 1.62 bits per heavy atom. The zero-order valence-electron chi connectivity index (χ0n) is 18.0. The highest BCUT2D eigenvalue weighted by molar-refractivity contribution is 8.00. The first-order chi connectivity index (χ1) is 16.7. The molecular weight excluding hydrogens is 465 g/mol. The molecule has 5 rings (SSSR count). The van der Waals surface area contributed by atoms with Gasteiger partial charge in [-0.05, 0) is 29.1 Å². The van der Waals surface area contributed by atoms with Gasteiger partial charge < -0.3 is 5.32 Å². The van der Waals surface area contributed by atoms with Gasteiger partial charge in [0, 0.05) is 21.2 Å². The molecule has 1 unspecified atom stereocenters. The van der Waals surface area contributed by atoms with Crippen LogP contribution in [0.3, 0.4) is 0 Å². The lowest BCUT2D eigenvalue weighted by Crippen LogP contribution is -2.30. The van der Waals surface area contributed by atoms with Gasteiger partial charge in [0.05, 0.1) is 11.8 Å². The number of nitrogens with zero attached hydrogens (tertiary/aromatic N) is 2. The molecule has 2 aromatic heterocycles. The lowest BCUT2D eigenvalue weighted by atomic mass is 10.1. The summed E-state index contributed by atoms with van der Waals surface area (Å²) in [6.45, 7) is 0. The lowest BCUT2D eigenvalue weighted by Gasteiger charge is -2.18. The van der Waals surface area contributed by atoms with Gasteiger partial charge in [-0.1, -0.05) is 84.6 Å². The highest BCUT2D eigenvalue weighted by Crippen LogP contribution is 2.32. The number of aromatic nitrogens is 2. The maximum Gasteiger partial charge on any atom is 0.231 e. The molecule has 0 radical (unpaired) electrons. The number of carbonyl (C=O) groups excluding carboxylic acids is 1. The predicted octanol–water partition coefficient (Wildman–Crippen LogP) is 6.50. The highest BCUT2D eigenvalue weighted by atomic mass is 32.2. The molecule has 1 amide bonds. The second kappa shape index (κ2) is 10.2. The topological polar surface area (TPSA) is 54.9 Å². The largest absolute Gasteiger partial charge is 0.344 e. The molecular formula is C27H20FN3OS2. The number of nitrogens with one attached hydrogen (secondary N) is 1. The molecule has 1 N–H and O–H groups in total. The van der Waals surface area contributed by atoms with E-state index in [1.54, 1.807) is 23.5 Å². The Morgan fingerprint density at radius 1 is 0.882 bits per heavy atom. The van der Waals surface area contributed by atoms with E-state index >= 15 is 0 Å². The molecule has 4 nitrogen and oxygen atoms in total. The molecule has 0 saturated heterocycles. The summed E-state index contributed by atoms with van der Waals surface area (Å²) in [6.07, 6.45) is 0. The highest BCUT2D eigenvalue weighted by Gasteiger charge is 2.19. The fourth-order valence-corrected chi connectivity index (χ4v) is 5.35. The van der Waals surface area contributed by atoms with E-state index in [2.05, 4.69) is 15.5 Å². The van der Waals surface area contributed by atoms with Crippen molar-refractivity contribution in [2.45, 2.75) is 11.1 Å². The van der Waals surface area contributed by atoms with Crippen LogP contribution in [-0.2, 0) is 4.79 Å². The van der Waals surface area contributed by atoms with Crippen LogP contribution in [0.4, 0.5) is 4.39 Å². The summed E-state index contributed by atoms with van der Waals surface area (Å²) >= 11 is 2.91. The molecule has 3 aromatic carbocycles. The van der Waals surface area contributed by atoms with Crippen molar-refractivity contribution >= 4 is 39.8 Å². The van der Waals surface area contributed by atoms with Crippen LogP contribution in [0.2, 0.25) is 0 Å². The molecule has 5 aromatic rings. The summed E-state index contributed by atoms with van der Waals surface area (Å²) in [7, 11) is 0. The van der Waals surface area contributed by atoms with Crippen molar-refractivity contribution < 1.29 is 9.18 Å². The number of hydrogen-bond acceptors (Lipinski definition) is 5. The number of benzene rings is 3. The first kappa shape index (κ1) is 22.3. The molecule has 0 bridgehead atoms. The molecule has 0 fully saturated rings. The lowest BCUT2D eigenvalue weighted by molar-refractivity contribution is -0.119. The van der Waals surface area contributed by atoms with Crippen molar-refractivity contribution in [2.75, 3.05) is 5.75 Å². The maximum absolute atomic E-state index is 13.4. The van der Waals surface area contributed by atoms with Gasteiger partial charge in [-0.15, -0.1) is 21.5 Å². The number of thiophene rings is 1. The van der Waals surface area contributed by atoms with Gasteiger partial charge in [0.25, 0.3) is 0 Å². The van der Waals surface area contributed by atoms with Crippen molar-refractivity contribution in [2.24, 2.45) is 0 Å². The number of halogens is 1. The van der Waals surface area contributed by atoms with Crippen molar-refractivity contribution in [3.05, 3.63) is 113 Å². The molecule has 0 aliphatic rings. The molecule has 0 saturated carbocycles. The molecule has 2 heterocycles. The van der Waals surface area contributed by atoms with Crippen LogP contribution in [0, 0.1) is 5.82 Å². The molecule has 0 spiro atoms. The summed E-state index contributed by atoms with van der Waals surface area (Å²) in [5.41, 5.74) is 2.65. The Hall–Kier alpha value is -3.55. The van der Waals surface area contributed by atoms with Crippen LogP contribution in [0.25, 0.3) is 22.0 Å². The van der Waals surface area contributed by atoms with E-state index in [-0.39, 0.29) is 23.5 Å². The smallest absolute Gasteiger partial charge is 0.231 e. The van der Waals surface area contributed by atoms with E-state index in [0.29, 0.717) is 5.03 Å². The maximum atomic E-state index is 13.4. The number of carbonyl (C=O) groups is 1. The van der Waals surface area contributed by atoms with E-state index in [0.717, 1.165) is 32.5 Å².